The number of rotatable bonds is 2. The van der Waals surface area contributed by atoms with Crippen LogP contribution in [0, 0.1) is 0 Å². The molecule has 0 radical (unpaired) electrons. The van der Waals surface area contributed by atoms with E-state index in [9.17, 15) is 29.4 Å². The molecule has 1 aliphatic carbocycles. The summed E-state index contributed by atoms with van der Waals surface area (Å²) in [5, 5.41) is 25.4. The second kappa shape index (κ2) is 8.37. The Balaban J connectivity index is 1.59. The molecule has 8 heteroatoms. The van der Waals surface area contributed by atoms with Gasteiger partial charge >= 0.3 is 11.3 Å². The van der Waals surface area contributed by atoms with Crippen LogP contribution in [0.15, 0.2) is 103 Å². The third kappa shape index (κ3) is 3.19. The van der Waals surface area contributed by atoms with Crippen LogP contribution in [0.25, 0.3) is 54.6 Å². The van der Waals surface area contributed by atoms with Gasteiger partial charge in [0.15, 0.2) is 11.6 Å². The van der Waals surface area contributed by atoms with Crippen LogP contribution in [0.1, 0.15) is 11.1 Å². The average molecular weight is 528 g/mol. The Kier molecular flexibility index (Phi) is 4.89. The molecule has 2 N–H and O–H groups in total. The van der Waals surface area contributed by atoms with Crippen molar-refractivity contribution in [2.45, 2.75) is 0 Å². The first kappa shape index (κ1) is 23.4. The van der Waals surface area contributed by atoms with Crippen molar-refractivity contribution in [3.8, 4) is 11.5 Å². The average Bonchev–Trinajstić information content (AvgIpc) is 2.95. The molecule has 0 saturated carbocycles. The van der Waals surface area contributed by atoms with Gasteiger partial charge in [-0.3, -0.25) is 9.59 Å². The summed E-state index contributed by atoms with van der Waals surface area (Å²) in [6, 6.07) is 20.6. The lowest BCUT2D eigenvalue weighted by atomic mass is 9.85. The summed E-state index contributed by atoms with van der Waals surface area (Å²) >= 11 is 0. The molecular weight excluding hydrogens is 512 g/mol. The van der Waals surface area contributed by atoms with E-state index >= 15 is 0 Å². The molecule has 7 rings (SSSR count). The Morgan fingerprint density at radius 1 is 0.475 bits per heavy atom. The van der Waals surface area contributed by atoms with Gasteiger partial charge in [-0.05, 0) is 35.1 Å². The SMILES string of the molecule is O=C1C=CC(=O)C(c2c(O)c3ccc4ccccc4c3oc2=O)=C1c1c(O)c2ccc3ccccc3c2oc1=O. The molecule has 6 aromatic rings. The van der Waals surface area contributed by atoms with Crippen molar-refractivity contribution in [1.82, 2.24) is 0 Å². The molecule has 2 heterocycles. The molecule has 0 fully saturated rings. The van der Waals surface area contributed by atoms with Gasteiger partial charge in [0.05, 0.1) is 21.9 Å². The molecule has 0 saturated heterocycles. The van der Waals surface area contributed by atoms with E-state index in [2.05, 4.69) is 0 Å². The maximum atomic E-state index is 13.3. The lowest BCUT2D eigenvalue weighted by molar-refractivity contribution is -0.112. The normalized spacial score (nSPS) is 13.8. The van der Waals surface area contributed by atoms with Crippen molar-refractivity contribution >= 4 is 66.2 Å². The van der Waals surface area contributed by atoms with Crippen LogP contribution in [-0.2, 0) is 9.59 Å². The van der Waals surface area contributed by atoms with Crippen LogP contribution >= 0.6 is 0 Å². The first-order chi connectivity index (χ1) is 19.3. The fourth-order valence-corrected chi connectivity index (χ4v) is 5.33. The zero-order valence-electron chi connectivity index (χ0n) is 20.4. The molecule has 0 unspecified atom stereocenters. The van der Waals surface area contributed by atoms with Crippen LogP contribution in [0.4, 0.5) is 0 Å². The maximum Gasteiger partial charge on any atom is 0.348 e. The third-order valence-electron chi connectivity index (χ3n) is 7.17. The molecule has 0 bridgehead atoms. The molecule has 1 aliphatic rings. The van der Waals surface area contributed by atoms with Gasteiger partial charge in [0.2, 0.25) is 0 Å². The summed E-state index contributed by atoms with van der Waals surface area (Å²) in [7, 11) is 0. The maximum absolute atomic E-state index is 13.3. The van der Waals surface area contributed by atoms with Crippen LogP contribution in [0.2, 0.25) is 0 Å². The molecule has 0 aliphatic heterocycles. The Labute approximate surface area is 223 Å². The van der Waals surface area contributed by atoms with Crippen LogP contribution in [-0.4, -0.2) is 21.8 Å². The number of carbonyl (C=O) groups excluding carboxylic acids is 2. The van der Waals surface area contributed by atoms with Crippen LogP contribution < -0.4 is 11.3 Å². The summed E-state index contributed by atoms with van der Waals surface area (Å²) in [6.07, 6.45) is 1.86. The Morgan fingerprint density at radius 3 is 1.30 bits per heavy atom. The minimum Gasteiger partial charge on any atom is -0.506 e. The molecule has 0 spiro atoms. The highest BCUT2D eigenvalue weighted by Gasteiger charge is 2.34. The second-order valence-electron chi connectivity index (χ2n) is 9.36. The highest BCUT2D eigenvalue weighted by Crippen LogP contribution is 2.42. The number of carbonyl (C=O) groups is 2. The Morgan fingerprint density at radius 2 is 0.875 bits per heavy atom. The molecule has 40 heavy (non-hydrogen) atoms. The van der Waals surface area contributed by atoms with Gasteiger partial charge in [0.25, 0.3) is 0 Å². The highest BCUT2D eigenvalue weighted by atomic mass is 16.4. The molecule has 192 valence electrons. The van der Waals surface area contributed by atoms with E-state index in [-0.39, 0.29) is 21.9 Å². The molecular formula is C32H16O8. The zero-order valence-corrected chi connectivity index (χ0v) is 20.4. The summed E-state index contributed by atoms with van der Waals surface area (Å²) in [6.45, 7) is 0. The van der Waals surface area contributed by atoms with Crippen molar-refractivity contribution in [3.05, 3.63) is 117 Å². The predicted octanol–water partition coefficient (Wildman–Crippen LogP) is 5.24. The van der Waals surface area contributed by atoms with Gasteiger partial charge in [-0.25, -0.2) is 9.59 Å². The lowest BCUT2D eigenvalue weighted by Gasteiger charge is -2.17. The molecule has 2 aromatic heterocycles. The third-order valence-corrected chi connectivity index (χ3v) is 7.17. The minimum atomic E-state index is -1.10. The van der Waals surface area contributed by atoms with Gasteiger partial charge in [-0.15, -0.1) is 0 Å². The van der Waals surface area contributed by atoms with E-state index in [0.29, 0.717) is 10.8 Å². The number of aromatic hydroxyl groups is 2. The largest absolute Gasteiger partial charge is 0.506 e. The van der Waals surface area contributed by atoms with Crippen molar-refractivity contribution in [3.63, 3.8) is 0 Å². The standard InChI is InChI=1S/C32H16O8/c33-21-13-14-22(34)24(26-28(36)20-12-10-16-6-2-4-8-18(16)30(20)40-32(26)38)23(21)25-27(35)19-11-9-15-5-1-3-7-17(15)29(19)39-31(25)37/h1-14,35-36H. The summed E-state index contributed by atoms with van der Waals surface area (Å²) in [4.78, 5) is 53.2. The lowest BCUT2D eigenvalue weighted by Crippen LogP contribution is -2.21. The quantitative estimate of drug-likeness (QED) is 0.177. The minimum absolute atomic E-state index is 0.0940. The van der Waals surface area contributed by atoms with Crippen molar-refractivity contribution < 1.29 is 28.6 Å². The fourth-order valence-electron chi connectivity index (χ4n) is 5.33. The first-order valence-electron chi connectivity index (χ1n) is 12.2. The predicted molar refractivity (Wildman–Crippen MR) is 149 cm³/mol. The first-order valence-corrected chi connectivity index (χ1v) is 12.2. The fraction of sp³-hybridized carbons (Fsp3) is 0. The van der Waals surface area contributed by atoms with E-state index in [1.54, 1.807) is 60.7 Å². The van der Waals surface area contributed by atoms with E-state index in [0.717, 1.165) is 22.9 Å². The van der Waals surface area contributed by atoms with E-state index in [4.69, 9.17) is 8.83 Å². The van der Waals surface area contributed by atoms with Gasteiger partial charge in [0.1, 0.15) is 33.8 Å². The van der Waals surface area contributed by atoms with E-state index in [1.807, 2.05) is 0 Å². The Bertz CT molecular complexity index is 2150. The Hall–Kier alpha value is -5.76. The summed E-state index contributed by atoms with van der Waals surface area (Å²) < 4.78 is 11.2. The molecule has 4 aromatic carbocycles. The molecule has 0 amide bonds. The second-order valence-corrected chi connectivity index (χ2v) is 9.36. The number of hydrogen-bond donors (Lipinski definition) is 2. The smallest absolute Gasteiger partial charge is 0.348 e. The number of benzene rings is 4. The van der Waals surface area contributed by atoms with E-state index < -0.39 is 56.6 Å². The van der Waals surface area contributed by atoms with Crippen molar-refractivity contribution in [1.29, 1.82) is 0 Å². The summed E-state index contributed by atoms with van der Waals surface area (Å²) in [5.74, 6) is -2.88. The van der Waals surface area contributed by atoms with Gasteiger partial charge < -0.3 is 19.0 Å². The monoisotopic (exact) mass is 528 g/mol. The van der Waals surface area contributed by atoms with Crippen molar-refractivity contribution in [2.75, 3.05) is 0 Å². The number of fused-ring (bicyclic) bond motifs is 6. The molecule has 0 atom stereocenters. The van der Waals surface area contributed by atoms with Crippen LogP contribution in [0.3, 0.4) is 0 Å². The van der Waals surface area contributed by atoms with Gasteiger partial charge in [-0.1, -0.05) is 60.7 Å². The molecule has 8 nitrogen and oxygen atoms in total. The number of ketones is 2. The topological polar surface area (TPSA) is 135 Å². The number of allylic oxidation sites excluding steroid dienone is 4. The zero-order chi connectivity index (χ0) is 27.7. The van der Waals surface area contributed by atoms with Gasteiger partial charge in [0, 0.05) is 10.8 Å². The van der Waals surface area contributed by atoms with Crippen molar-refractivity contribution in [2.24, 2.45) is 0 Å². The van der Waals surface area contributed by atoms with Crippen LogP contribution in [0.5, 0.6) is 11.5 Å². The van der Waals surface area contributed by atoms with E-state index in [1.165, 1.54) is 12.1 Å². The van der Waals surface area contributed by atoms with Gasteiger partial charge in [-0.2, -0.15) is 0 Å². The number of hydrogen-bond acceptors (Lipinski definition) is 8. The summed E-state index contributed by atoms with van der Waals surface area (Å²) in [5.41, 5.74) is -4.35. The highest BCUT2D eigenvalue weighted by molar-refractivity contribution is 6.49.